The van der Waals surface area contributed by atoms with Gasteiger partial charge in [0.05, 0.1) is 0 Å². The molecule has 3 aromatic rings. The summed E-state index contributed by atoms with van der Waals surface area (Å²) in [6.07, 6.45) is 7.66. The van der Waals surface area contributed by atoms with E-state index in [0.29, 0.717) is 5.92 Å². The number of H-pyrrole nitrogens is 1. The first-order valence-electron chi connectivity index (χ1n) is 10.2. The Morgan fingerprint density at radius 1 is 1.00 bits per heavy atom. The smallest absolute Gasteiger partial charge is 0.236 e. The minimum absolute atomic E-state index is 0.191. The van der Waals surface area contributed by atoms with Gasteiger partial charge in [0.2, 0.25) is 5.88 Å². The number of piperidine rings is 1. The first kappa shape index (κ1) is 17.5. The van der Waals surface area contributed by atoms with Crippen LogP contribution in [-0.2, 0) is 4.74 Å². The van der Waals surface area contributed by atoms with Gasteiger partial charge in [-0.3, -0.25) is 4.98 Å². The molecule has 0 bridgehead atoms. The van der Waals surface area contributed by atoms with Crippen molar-refractivity contribution in [1.82, 2.24) is 15.0 Å². The fraction of sp³-hybridized carbons (Fsp3) is 0.455. The number of aromatic nitrogens is 3. The van der Waals surface area contributed by atoms with Crippen LogP contribution in [0.4, 0.5) is 5.82 Å². The van der Waals surface area contributed by atoms with Crippen molar-refractivity contribution in [1.29, 1.82) is 0 Å². The van der Waals surface area contributed by atoms with Crippen molar-refractivity contribution < 1.29 is 9.47 Å². The van der Waals surface area contributed by atoms with E-state index in [1.807, 2.05) is 0 Å². The molecular weight excluding hydrogens is 352 g/mol. The quantitative estimate of drug-likeness (QED) is 0.746. The van der Waals surface area contributed by atoms with Gasteiger partial charge < -0.3 is 19.4 Å². The van der Waals surface area contributed by atoms with E-state index in [2.05, 4.69) is 50.2 Å². The van der Waals surface area contributed by atoms with Gasteiger partial charge >= 0.3 is 0 Å². The molecule has 0 spiro atoms. The average Bonchev–Trinajstić information content (AvgIpc) is 3.20. The predicted molar refractivity (Wildman–Crippen MR) is 109 cm³/mol. The van der Waals surface area contributed by atoms with Crippen LogP contribution in [0.25, 0.3) is 10.9 Å². The van der Waals surface area contributed by atoms with E-state index in [0.717, 1.165) is 63.6 Å². The molecule has 5 rings (SSSR count). The van der Waals surface area contributed by atoms with Gasteiger partial charge in [0.1, 0.15) is 17.6 Å². The van der Waals surface area contributed by atoms with Crippen LogP contribution >= 0.6 is 0 Å². The Hall–Kier alpha value is -2.60. The Labute approximate surface area is 164 Å². The summed E-state index contributed by atoms with van der Waals surface area (Å²) in [5, 5.41) is 1.26. The van der Waals surface area contributed by atoms with Gasteiger partial charge in [-0.05, 0) is 25.0 Å². The summed E-state index contributed by atoms with van der Waals surface area (Å²) in [6.45, 7) is 3.54. The van der Waals surface area contributed by atoms with Crippen molar-refractivity contribution in [2.75, 3.05) is 31.2 Å². The Morgan fingerprint density at radius 2 is 1.79 bits per heavy atom. The standard InChI is InChI=1S/C22H26N4O2/c1-2-4-19-17(3-1)15-20(25-19)26-11-5-18(6-12-26)28-22-21(23-9-10-24-22)16-7-13-27-14-8-16/h1-4,9-10,15-16,18,25H,5-8,11-14H2. The van der Waals surface area contributed by atoms with Crippen LogP contribution in [0.3, 0.4) is 0 Å². The summed E-state index contributed by atoms with van der Waals surface area (Å²) >= 11 is 0. The maximum atomic E-state index is 6.33. The Balaban J connectivity index is 1.24. The Morgan fingerprint density at radius 3 is 2.61 bits per heavy atom. The Bertz CT molecular complexity index is 894. The van der Waals surface area contributed by atoms with Crippen molar-refractivity contribution in [3.05, 3.63) is 48.4 Å². The zero-order valence-electron chi connectivity index (χ0n) is 16.0. The molecule has 0 amide bonds. The average molecular weight is 378 g/mol. The molecule has 2 aliphatic rings. The molecule has 0 radical (unpaired) electrons. The number of aromatic amines is 1. The van der Waals surface area contributed by atoms with Crippen LogP contribution in [-0.4, -0.2) is 47.4 Å². The number of hydrogen-bond acceptors (Lipinski definition) is 5. The van der Waals surface area contributed by atoms with Gasteiger partial charge in [-0.2, -0.15) is 0 Å². The molecule has 146 valence electrons. The van der Waals surface area contributed by atoms with Gasteiger partial charge in [-0.25, -0.2) is 4.98 Å². The SMILES string of the molecule is c1ccc2[nH]c(N3CCC(Oc4nccnc4C4CCOCC4)CC3)cc2c1. The van der Waals surface area contributed by atoms with Gasteiger partial charge in [0.15, 0.2) is 0 Å². The molecule has 2 aromatic heterocycles. The number of hydrogen-bond donors (Lipinski definition) is 1. The van der Waals surface area contributed by atoms with Crippen LogP contribution in [0.15, 0.2) is 42.7 Å². The fourth-order valence-electron chi connectivity index (χ4n) is 4.28. The largest absolute Gasteiger partial charge is 0.473 e. The van der Waals surface area contributed by atoms with Crippen LogP contribution < -0.4 is 9.64 Å². The van der Waals surface area contributed by atoms with Gasteiger partial charge in [0, 0.05) is 68.4 Å². The molecule has 6 heteroatoms. The third kappa shape index (κ3) is 3.56. The normalized spacial score (nSPS) is 19.2. The number of para-hydroxylation sites is 1. The summed E-state index contributed by atoms with van der Waals surface area (Å²) in [5.41, 5.74) is 2.19. The summed E-state index contributed by atoms with van der Waals surface area (Å²) in [4.78, 5) is 15.1. The zero-order valence-corrected chi connectivity index (χ0v) is 16.0. The number of nitrogens with zero attached hydrogens (tertiary/aromatic N) is 3. The number of nitrogens with one attached hydrogen (secondary N) is 1. The van der Waals surface area contributed by atoms with Crippen molar-refractivity contribution in [2.24, 2.45) is 0 Å². The number of rotatable bonds is 4. The van der Waals surface area contributed by atoms with Crippen molar-refractivity contribution >= 4 is 16.7 Å². The molecule has 1 N–H and O–H groups in total. The second kappa shape index (κ2) is 7.80. The lowest BCUT2D eigenvalue weighted by Crippen LogP contribution is -2.38. The third-order valence-electron chi connectivity index (χ3n) is 5.88. The summed E-state index contributed by atoms with van der Waals surface area (Å²) in [6, 6.07) is 10.7. The molecule has 2 aliphatic heterocycles. The second-order valence-electron chi connectivity index (χ2n) is 7.68. The molecule has 0 atom stereocenters. The minimum atomic E-state index is 0.191. The van der Waals surface area contributed by atoms with Crippen LogP contribution in [0.2, 0.25) is 0 Å². The molecule has 2 fully saturated rings. The molecule has 0 unspecified atom stereocenters. The fourth-order valence-corrected chi connectivity index (χ4v) is 4.28. The van der Waals surface area contributed by atoms with E-state index < -0.39 is 0 Å². The lowest BCUT2D eigenvalue weighted by atomic mass is 9.96. The maximum Gasteiger partial charge on any atom is 0.236 e. The summed E-state index contributed by atoms with van der Waals surface area (Å²) in [5.74, 6) is 2.31. The van der Waals surface area contributed by atoms with Crippen molar-refractivity contribution in [3.63, 3.8) is 0 Å². The predicted octanol–water partition coefficient (Wildman–Crippen LogP) is 3.90. The second-order valence-corrected chi connectivity index (χ2v) is 7.68. The molecule has 4 heterocycles. The van der Waals surface area contributed by atoms with Crippen molar-refractivity contribution in [2.45, 2.75) is 37.7 Å². The highest BCUT2D eigenvalue weighted by Crippen LogP contribution is 2.32. The molecule has 28 heavy (non-hydrogen) atoms. The highest BCUT2D eigenvalue weighted by molar-refractivity contribution is 5.83. The molecule has 1 aromatic carbocycles. The lowest BCUT2D eigenvalue weighted by molar-refractivity contribution is 0.0823. The Kier molecular flexibility index (Phi) is 4.87. The summed E-state index contributed by atoms with van der Waals surface area (Å²) in [7, 11) is 0. The van der Waals surface area contributed by atoms with E-state index in [1.54, 1.807) is 12.4 Å². The number of anilines is 1. The first-order valence-corrected chi connectivity index (χ1v) is 10.2. The molecule has 0 aliphatic carbocycles. The van der Waals surface area contributed by atoms with Gasteiger partial charge in [0.25, 0.3) is 0 Å². The van der Waals surface area contributed by atoms with Gasteiger partial charge in [-0.1, -0.05) is 18.2 Å². The maximum absolute atomic E-state index is 6.33. The van der Waals surface area contributed by atoms with E-state index in [9.17, 15) is 0 Å². The van der Waals surface area contributed by atoms with E-state index in [4.69, 9.17) is 9.47 Å². The topological polar surface area (TPSA) is 63.3 Å². The molecular formula is C22H26N4O2. The molecule has 2 saturated heterocycles. The van der Waals surface area contributed by atoms with E-state index in [1.165, 1.54) is 16.7 Å². The van der Waals surface area contributed by atoms with E-state index in [-0.39, 0.29) is 6.10 Å². The third-order valence-corrected chi connectivity index (χ3v) is 5.88. The lowest BCUT2D eigenvalue weighted by Gasteiger charge is -2.33. The zero-order chi connectivity index (χ0) is 18.8. The van der Waals surface area contributed by atoms with E-state index >= 15 is 0 Å². The number of fused-ring (bicyclic) bond motifs is 1. The van der Waals surface area contributed by atoms with Gasteiger partial charge in [-0.15, -0.1) is 0 Å². The molecule has 6 nitrogen and oxygen atoms in total. The monoisotopic (exact) mass is 378 g/mol. The van der Waals surface area contributed by atoms with Crippen LogP contribution in [0.5, 0.6) is 5.88 Å². The number of benzene rings is 1. The minimum Gasteiger partial charge on any atom is -0.473 e. The summed E-state index contributed by atoms with van der Waals surface area (Å²) < 4.78 is 11.8. The molecule has 0 saturated carbocycles. The van der Waals surface area contributed by atoms with Crippen LogP contribution in [0, 0.1) is 0 Å². The highest BCUT2D eigenvalue weighted by atomic mass is 16.5. The first-order chi connectivity index (χ1) is 13.9. The number of ether oxygens (including phenoxy) is 2. The van der Waals surface area contributed by atoms with Crippen LogP contribution in [0.1, 0.15) is 37.3 Å². The van der Waals surface area contributed by atoms with Crippen molar-refractivity contribution in [3.8, 4) is 5.88 Å². The highest BCUT2D eigenvalue weighted by Gasteiger charge is 2.26.